The number of hydrogen-bond acceptors (Lipinski definition) is 33. The van der Waals surface area contributed by atoms with E-state index >= 15 is 0 Å². The summed E-state index contributed by atoms with van der Waals surface area (Å²) in [4.78, 5) is 39.2. The van der Waals surface area contributed by atoms with Gasteiger partial charge in [0.15, 0.2) is 34.5 Å². The summed E-state index contributed by atoms with van der Waals surface area (Å²) in [6, 6.07) is 25.7. The van der Waals surface area contributed by atoms with Gasteiger partial charge in [-0.15, -0.1) is 0 Å². The number of esters is 3. The second kappa shape index (κ2) is 30.6. The molecule has 0 aromatic heterocycles. The van der Waals surface area contributed by atoms with E-state index in [1.807, 2.05) is 0 Å². The number of fused-ring (bicyclic) bond motifs is 9. The van der Waals surface area contributed by atoms with E-state index in [9.17, 15) is 91.0 Å². The van der Waals surface area contributed by atoms with Crippen molar-refractivity contribution in [1.82, 2.24) is 0 Å². The monoisotopic (exact) mass is 1550 g/mol. The van der Waals surface area contributed by atoms with Gasteiger partial charge in [0.25, 0.3) is 0 Å². The average Bonchev–Trinajstić information content (AvgIpc) is 1.42. The number of ether oxygens (including phenoxy) is 15. The van der Waals surface area contributed by atoms with Crippen molar-refractivity contribution >= 4 is 50.2 Å². The molecule has 3 saturated heterocycles. The molecule has 112 heavy (non-hydrogen) atoms. The number of carbonyl (C=O) groups excluding carboxylic acids is 3. The minimum absolute atomic E-state index is 0.0731. The Balaban J connectivity index is 0.000000127. The Labute approximate surface area is 632 Å². The van der Waals surface area contributed by atoms with Crippen LogP contribution in [-0.4, -0.2) is 208 Å². The lowest BCUT2D eigenvalue weighted by atomic mass is 9.87. The van der Waals surface area contributed by atoms with E-state index in [2.05, 4.69) is 0 Å². The van der Waals surface area contributed by atoms with Gasteiger partial charge in [-0.3, -0.25) is 0 Å². The van der Waals surface area contributed by atoms with Crippen LogP contribution in [0.5, 0.6) is 51.7 Å². The van der Waals surface area contributed by atoms with Crippen LogP contribution in [0.15, 0.2) is 91.0 Å². The maximum Gasteiger partial charge on any atom is 0.339 e. The third-order valence-electron chi connectivity index (χ3n) is 21.1. The lowest BCUT2D eigenvalue weighted by molar-refractivity contribution is -0.268. The summed E-state index contributed by atoms with van der Waals surface area (Å²) in [5, 5.41) is 155. The second-order valence-electron chi connectivity index (χ2n) is 27.6. The smallest absolute Gasteiger partial charge is 0.339 e. The number of aliphatic hydroxyl groups excluding tert-OH is 15. The quantitative estimate of drug-likeness (QED) is 0.0518. The molecule has 9 aromatic carbocycles. The van der Waals surface area contributed by atoms with Gasteiger partial charge in [-0.1, -0.05) is 18.2 Å². The molecule has 0 saturated carbocycles. The number of rotatable bonds is 15. The van der Waals surface area contributed by atoms with Gasteiger partial charge in [-0.2, -0.15) is 0 Å². The molecule has 33 nitrogen and oxygen atoms in total. The van der Waals surface area contributed by atoms with E-state index in [0.717, 1.165) is 0 Å². The van der Waals surface area contributed by atoms with Gasteiger partial charge in [0, 0.05) is 49.5 Å². The predicted octanol–water partition coefficient (Wildman–Crippen LogP) is 2.51. The van der Waals surface area contributed by atoms with Gasteiger partial charge in [0.05, 0.1) is 75.6 Å². The first-order valence-electron chi connectivity index (χ1n) is 35.4. The molecule has 9 aliphatic heterocycles. The van der Waals surface area contributed by atoms with Crippen molar-refractivity contribution in [2.24, 2.45) is 0 Å². The van der Waals surface area contributed by atoms with Crippen LogP contribution in [0.3, 0.4) is 0 Å². The van der Waals surface area contributed by atoms with E-state index in [1.54, 1.807) is 91.0 Å². The fraction of sp³-hybridized carbons (Fsp3) is 0.354. The zero-order chi connectivity index (χ0) is 78.4. The Bertz CT molecular complexity index is 5040. The van der Waals surface area contributed by atoms with Gasteiger partial charge in [-0.05, 0) is 146 Å². The summed E-state index contributed by atoms with van der Waals surface area (Å²) < 4.78 is 83.9. The molecule has 3 unspecified atom stereocenters. The molecule has 0 amide bonds. The minimum atomic E-state index is -1.59. The van der Waals surface area contributed by atoms with Gasteiger partial charge >= 0.3 is 17.9 Å². The molecule has 15 N–H and O–H groups in total. The molecule has 9 heterocycles. The van der Waals surface area contributed by atoms with Gasteiger partial charge in [-0.25, -0.2) is 14.4 Å². The van der Waals surface area contributed by atoms with Crippen molar-refractivity contribution in [2.75, 3.05) is 33.6 Å². The van der Waals surface area contributed by atoms with Crippen molar-refractivity contribution in [2.45, 2.75) is 146 Å². The highest BCUT2D eigenvalue weighted by Crippen LogP contribution is 2.53. The first-order valence-corrected chi connectivity index (χ1v) is 35.4. The molecule has 0 bridgehead atoms. The molecule has 588 valence electrons. The summed E-state index contributed by atoms with van der Waals surface area (Å²) in [6.45, 7) is -1.37. The number of hydrogen-bond donors (Lipinski definition) is 15. The average molecular weight is 1550 g/mol. The summed E-state index contributed by atoms with van der Waals surface area (Å²) >= 11 is 0. The van der Waals surface area contributed by atoms with Crippen LogP contribution < -0.4 is 42.6 Å². The van der Waals surface area contributed by atoms with E-state index in [-0.39, 0.29) is 127 Å². The largest absolute Gasteiger partial charge is 0.461 e. The number of cyclic esters (lactones) is 3. The number of aliphatic hydroxyl groups is 15. The Hall–Kier alpha value is -10.3. The van der Waals surface area contributed by atoms with Crippen LogP contribution in [0.1, 0.15) is 88.1 Å². The zero-order valence-corrected chi connectivity index (χ0v) is 59.1. The van der Waals surface area contributed by atoms with Crippen molar-refractivity contribution in [3.8, 4) is 85.1 Å². The van der Waals surface area contributed by atoms with E-state index in [0.29, 0.717) is 150 Å². The Morgan fingerprint density at radius 2 is 0.607 bits per heavy atom. The zero-order valence-electron chi connectivity index (χ0n) is 59.1. The van der Waals surface area contributed by atoms with Crippen LogP contribution in [0.25, 0.3) is 65.7 Å². The Kier molecular flexibility index (Phi) is 20.7. The highest BCUT2D eigenvalue weighted by atomic mass is 16.7. The Morgan fingerprint density at radius 3 is 0.920 bits per heavy atom. The summed E-state index contributed by atoms with van der Waals surface area (Å²) in [6.07, 6.45) is -18.1. The fourth-order valence-corrected chi connectivity index (χ4v) is 15.2. The number of carbonyl (C=O) groups is 3. The highest BCUT2D eigenvalue weighted by molar-refractivity contribution is 6.16. The number of benzene rings is 9. The van der Waals surface area contributed by atoms with Gasteiger partial charge in [0.1, 0.15) is 92.0 Å². The van der Waals surface area contributed by atoms with Crippen molar-refractivity contribution in [1.29, 1.82) is 0 Å². The van der Waals surface area contributed by atoms with Crippen molar-refractivity contribution in [3.05, 3.63) is 158 Å². The van der Waals surface area contributed by atoms with E-state index in [4.69, 9.17) is 71.1 Å². The molecular weight excluding hydrogens is 1480 g/mol. The second-order valence-corrected chi connectivity index (χ2v) is 27.6. The fourth-order valence-electron chi connectivity index (χ4n) is 15.2. The normalized spacial score (nSPS) is 24.9. The lowest BCUT2D eigenvalue weighted by Gasteiger charge is -2.39. The third kappa shape index (κ3) is 13.1. The molecule has 13 atom stereocenters. The third-order valence-corrected chi connectivity index (χ3v) is 21.1. The first kappa shape index (κ1) is 75.7. The van der Waals surface area contributed by atoms with E-state index in [1.165, 1.54) is 6.92 Å². The van der Waals surface area contributed by atoms with Crippen molar-refractivity contribution < 1.29 is 162 Å². The highest BCUT2D eigenvalue weighted by Gasteiger charge is 2.47. The molecule has 0 spiro atoms. The van der Waals surface area contributed by atoms with Crippen LogP contribution in [0.2, 0.25) is 0 Å². The van der Waals surface area contributed by atoms with Crippen molar-refractivity contribution in [3.63, 3.8) is 0 Å². The minimum Gasteiger partial charge on any atom is -0.461 e. The SMILES string of the molecule is C[C@H]1OC(Oc2c3c(c(-c4ccc5c(c4)OCO5)c4cc(CO)c(CO)cc24)C(=O)OC3)[C@H](O)[C@@H](O)[C@@H]1O.O=C1OCc2c1c(-c1ccc3c(c1)OCO3)c1cc(CO)c(CO)cc1c2OC1OC[C@@H](O)[C@H](O)[C@H]1O.O=C1OCc2c1c(-c1ccc3c(c1)OCO3)c1cc(CO)c(CO)cc1c2OC1OC[C@H](O)[C@H](O)[C@H]1O. The van der Waals surface area contributed by atoms with Crippen LogP contribution in [-0.2, 0) is 87.9 Å². The maximum atomic E-state index is 13.1. The molecule has 9 aromatic rings. The van der Waals surface area contributed by atoms with Gasteiger partial charge in [0.2, 0.25) is 39.2 Å². The molecular formula is C79H74O33. The van der Waals surface area contributed by atoms with Crippen LogP contribution >= 0.6 is 0 Å². The maximum absolute atomic E-state index is 13.1. The Morgan fingerprint density at radius 1 is 0.321 bits per heavy atom. The van der Waals surface area contributed by atoms with E-state index < -0.39 is 97.8 Å². The molecule has 0 aliphatic carbocycles. The topological polar surface area (TPSA) is 493 Å². The molecule has 33 heteroatoms. The summed E-state index contributed by atoms with van der Waals surface area (Å²) in [5.74, 6) is 1.91. The molecule has 3 fully saturated rings. The van der Waals surface area contributed by atoms with Crippen LogP contribution in [0.4, 0.5) is 0 Å². The molecule has 18 rings (SSSR count). The first-order chi connectivity index (χ1) is 54.1. The summed E-state index contributed by atoms with van der Waals surface area (Å²) in [5.41, 5.74) is 7.91. The summed E-state index contributed by atoms with van der Waals surface area (Å²) in [7, 11) is 0. The van der Waals surface area contributed by atoms with Crippen LogP contribution in [0, 0.1) is 0 Å². The lowest BCUT2D eigenvalue weighted by Crippen LogP contribution is -2.58. The molecule has 0 radical (unpaired) electrons. The molecule has 9 aliphatic rings. The predicted molar refractivity (Wildman–Crippen MR) is 379 cm³/mol. The van der Waals surface area contributed by atoms with Gasteiger partial charge < -0.3 is 148 Å². The standard InChI is InChI=1S/C27H26O11.2C26H24O11/c1-11-22(30)23(31)24(32)27(37-11)38-25-16-5-14(8-29)13(7-28)4-15(16)20(21-17(25)9-34-26(21)33)12-2-3-18-19(6-12)36-10-35-18;2*27-6-12-3-14-15(4-13(12)7-28)24(37-26-23(31)22(30)17(29)9-34-26)16-8-33-25(32)21(16)20(14)11-1-2-18-19(5-11)36-10-35-18/h2-6,11,22-24,27-32H,7-10H2,1H3;2*1-5,17,22-23,26-31H,6-10H2/t11-,22-,23+,24-,27?;17-,22+,23-,26?;17-,22-,23+,26?/m110/s1.